The summed E-state index contributed by atoms with van der Waals surface area (Å²) in [5.74, 6) is 0.655. The molecule has 0 amide bonds. The molecule has 0 saturated heterocycles. The zero-order valence-corrected chi connectivity index (χ0v) is 11.7. The van der Waals surface area contributed by atoms with Crippen molar-refractivity contribution in [3.05, 3.63) is 58.1 Å². The van der Waals surface area contributed by atoms with Crippen LogP contribution in [-0.4, -0.2) is 4.98 Å². The molecule has 0 atom stereocenters. The Balaban J connectivity index is 2.02. The van der Waals surface area contributed by atoms with E-state index in [1.54, 1.807) is 30.5 Å². The minimum atomic E-state index is -0.297. The van der Waals surface area contributed by atoms with E-state index in [4.69, 9.17) is 16.3 Å². The molecule has 0 aliphatic rings. The zero-order chi connectivity index (χ0) is 13.0. The van der Waals surface area contributed by atoms with Crippen LogP contribution >= 0.6 is 27.5 Å². The number of alkyl halides is 1. The van der Waals surface area contributed by atoms with Crippen molar-refractivity contribution in [1.82, 2.24) is 4.98 Å². The second kappa shape index (κ2) is 6.16. The Bertz CT molecular complexity index is 533. The number of aromatic nitrogens is 1. The van der Waals surface area contributed by atoms with E-state index in [0.29, 0.717) is 21.7 Å². The van der Waals surface area contributed by atoms with Crippen molar-refractivity contribution < 1.29 is 9.13 Å². The van der Waals surface area contributed by atoms with Crippen LogP contribution in [0.1, 0.15) is 11.3 Å². The molecule has 0 fully saturated rings. The SMILES string of the molecule is Fc1cc(Br)ccc1COc1ccc(CCl)nc1. The number of nitrogens with zero attached hydrogens (tertiary/aromatic N) is 1. The highest BCUT2D eigenvalue weighted by Gasteiger charge is 2.04. The van der Waals surface area contributed by atoms with Gasteiger partial charge in [0.15, 0.2) is 0 Å². The summed E-state index contributed by atoms with van der Waals surface area (Å²) in [6, 6.07) is 8.41. The van der Waals surface area contributed by atoms with Crippen molar-refractivity contribution in [1.29, 1.82) is 0 Å². The van der Waals surface area contributed by atoms with Gasteiger partial charge in [0, 0.05) is 10.0 Å². The number of halogens is 3. The Kier molecular flexibility index (Phi) is 4.55. The second-order valence-corrected chi connectivity index (χ2v) is 4.83. The Hall–Kier alpha value is -1.13. The molecule has 0 aliphatic heterocycles. The maximum Gasteiger partial charge on any atom is 0.138 e. The smallest absolute Gasteiger partial charge is 0.138 e. The molecule has 0 unspecified atom stereocenters. The van der Waals surface area contributed by atoms with Crippen LogP contribution in [0.2, 0.25) is 0 Å². The molecule has 0 bridgehead atoms. The topological polar surface area (TPSA) is 22.1 Å². The number of hydrogen-bond donors (Lipinski definition) is 0. The molecule has 0 N–H and O–H groups in total. The van der Waals surface area contributed by atoms with Crippen molar-refractivity contribution in [2.24, 2.45) is 0 Å². The molecule has 18 heavy (non-hydrogen) atoms. The average Bonchev–Trinajstić information content (AvgIpc) is 2.38. The summed E-state index contributed by atoms with van der Waals surface area (Å²) in [5, 5.41) is 0. The van der Waals surface area contributed by atoms with Gasteiger partial charge in [0.1, 0.15) is 18.2 Å². The molecule has 0 radical (unpaired) electrons. The van der Waals surface area contributed by atoms with Gasteiger partial charge in [-0.15, -0.1) is 11.6 Å². The maximum atomic E-state index is 13.5. The number of pyridine rings is 1. The maximum absolute atomic E-state index is 13.5. The third-order valence-electron chi connectivity index (χ3n) is 2.34. The first-order valence-electron chi connectivity index (χ1n) is 5.26. The summed E-state index contributed by atoms with van der Waals surface area (Å²) in [7, 11) is 0. The molecule has 5 heteroatoms. The van der Waals surface area contributed by atoms with Crippen LogP contribution in [0.25, 0.3) is 0 Å². The van der Waals surface area contributed by atoms with Gasteiger partial charge in [0.05, 0.1) is 17.8 Å². The fourth-order valence-corrected chi connectivity index (χ4v) is 1.87. The highest BCUT2D eigenvalue weighted by molar-refractivity contribution is 9.10. The monoisotopic (exact) mass is 329 g/mol. The number of ether oxygens (including phenoxy) is 1. The van der Waals surface area contributed by atoms with Crippen LogP contribution in [0.5, 0.6) is 5.75 Å². The van der Waals surface area contributed by atoms with E-state index < -0.39 is 0 Å². The third kappa shape index (κ3) is 3.43. The van der Waals surface area contributed by atoms with E-state index in [9.17, 15) is 4.39 Å². The quantitative estimate of drug-likeness (QED) is 0.780. The molecule has 0 aliphatic carbocycles. The van der Waals surface area contributed by atoms with Crippen LogP contribution < -0.4 is 4.74 Å². The summed E-state index contributed by atoms with van der Waals surface area (Å²) in [6.45, 7) is 0.168. The molecular weight excluding hydrogens is 321 g/mol. The number of hydrogen-bond acceptors (Lipinski definition) is 2. The van der Waals surface area contributed by atoms with E-state index in [1.165, 1.54) is 6.07 Å². The summed E-state index contributed by atoms with van der Waals surface area (Å²) >= 11 is 8.84. The van der Waals surface area contributed by atoms with Crippen LogP contribution in [0.15, 0.2) is 41.0 Å². The van der Waals surface area contributed by atoms with E-state index in [2.05, 4.69) is 20.9 Å². The Morgan fingerprint density at radius 3 is 2.72 bits per heavy atom. The summed E-state index contributed by atoms with van der Waals surface area (Å²) in [5.41, 5.74) is 1.28. The molecule has 94 valence electrons. The highest BCUT2D eigenvalue weighted by atomic mass is 79.9. The fourth-order valence-electron chi connectivity index (χ4n) is 1.38. The standard InChI is InChI=1S/C13H10BrClFNO/c14-10-2-1-9(13(16)5-10)8-18-12-4-3-11(6-15)17-7-12/h1-5,7H,6,8H2. The molecule has 1 heterocycles. The van der Waals surface area contributed by atoms with E-state index in [0.717, 1.165) is 5.69 Å². The Morgan fingerprint density at radius 2 is 2.11 bits per heavy atom. The van der Waals surface area contributed by atoms with Gasteiger partial charge >= 0.3 is 0 Å². The van der Waals surface area contributed by atoms with Crippen LogP contribution in [0.4, 0.5) is 4.39 Å². The Labute approximate surface area is 118 Å². The fraction of sp³-hybridized carbons (Fsp3) is 0.154. The van der Waals surface area contributed by atoms with Crippen molar-refractivity contribution in [3.63, 3.8) is 0 Å². The molecule has 2 rings (SSSR count). The van der Waals surface area contributed by atoms with E-state index in [1.807, 2.05) is 0 Å². The van der Waals surface area contributed by atoms with Crippen molar-refractivity contribution in [3.8, 4) is 5.75 Å². The molecule has 0 spiro atoms. The summed E-state index contributed by atoms with van der Waals surface area (Å²) in [4.78, 5) is 4.09. The van der Waals surface area contributed by atoms with Crippen LogP contribution in [-0.2, 0) is 12.5 Å². The lowest BCUT2D eigenvalue weighted by molar-refractivity contribution is 0.298. The minimum Gasteiger partial charge on any atom is -0.487 e. The molecule has 1 aromatic heterocycles. The lowest BCUT2D eigenvalue weighted by atomic mass is 10.2. The highest BCUT2D eigenvalue weighted by Crippen LogP contribution is 2.18. The first kappa shape index (κ1) is 13.3. The van der Waals surface area contributed by atoms with Gasteiger partial charge < -0.3 is 4.74 Å². The first-order valence-corrected chi connectivity index (χ1v) is 6.59. The second-order valence-electron chi connectivity index (χ2n) is 3.64. The summed E-state index contributed by atoms with van der Waals surface area (Å²) < 4.78 is 19.7. The van der Waals surface area contributed by atoms with Crippen molar-refractivity contribution >= 4 is 27.5 Å². The van der Waals surface area contributed by atoms with Gasteiger partial charge in [0.25, 0.3) is 0 Å². The van der Waals surface area contributed by atoms with Gasteiger partial charge in [-0.05, 0) is 24.3 Å². The minimum absolute atomic E-state index is 0.168. The van der Waals surface area contributed by atoms with E-state index in [-0.39, 0.29) is 12.4 Å². The number of rotatable bonds is 4. The van der Waals surface area contributed by atoms with Crippen molar-refractivity contribution in [2.75, 3.05) is 0 Å². The zero-order valence-electron chi connectivity index (χ0n) is 9.37. The van der Waals surface area contributed by atoms with Gasteiger partial charge in [-0.25, -0.2) is 4.39 Å². The lowest BCUT2D eigenvalue weighted by Gasteiger charge is -2.07. The average molecular weight is 331 g/mol. The molecule has 2 nitrogen and oxygen atoms in total. The van der Waals surface area contributed by atoms with Crippen LogP contribution in [0, 0.1) is 5.82 Å². The van der Waals surface area contributed by atoms with Gasteiger partial charge in [-0.2, -0.15) is 0 Å². The summed E-state index contributed by atoms with van der Waals surface area (Å²) in [6.07, 6.45) is 1.58. The Morgan fingerprint density at radius 1 is 1.28 bits per heavy atom. The van der Waals surface area contributed by atoms with Gasteiger partial charge in [-0.1, -0.05) is 22.0 Å². The molecule has 0 saturated carbocycles. The normalized spacial score (nSPS) is 10.4. The molecular formula is C13H10BrClFNO. The molecule has 2 aromatic rings. The first-order chi connectivity index (χ1) is 8.69. The molecule has 1 aromatic carbocycles. The van der Waals surface area contributed by atoms with Crippen LogP contribution in [0.3, 0.4) is 0 Å². The third-order valence-corrected chi connectivity index (χ3v) is 3.11. The largest absolute Gasteiger partial charge is 0.487 e. The lowest BCUT2D eigenvalue weighted by Crippen LogP contribution is -1.99. The van der Waals surface area contributed by atoms with E-state index >= 15 is 0 Å². The predicted octanol–water partition coefficient (Wildman–Crippen LogP) is 4.30. The van der Waals surface area contributed by atoms with Gasteiger partial charge in [0.2, 0.25) is 0 Å². The number of benzene rings is 1. The van der Waals surface area contributed by atoms with Crippen molar-refractivity contribution in [2.45, 2.75) is 12.5 Å². The predicted molar refractivity (Wildman–Crippen MR) is 72.2 cm³/mol. The van der Waals surface area contributed by atoms with Gasteiger partial charge in [-0.3, -0.25) is 4.98 Å².